The number of aromatic nitrogens is 1. The van der Waals surface area contributed by atoms with Crippen molar-refractivity contribution in [2.24, 2.45) is 0 Å². The van der Waals surface area contributed by atoms with Gasteiger partial charge in [-0.1, -0.05) is 24.6 Å². The first-order valence-corrected chi connectivity index (χ1v) is 10.8. The quantitative estimate of drug-likeness (QED) is 0.768. The van der Waals surface area contributed by atoms with Gasteiger partial charge in [0, 0.05) is 30.5 Å². The predicted molar refractivity (Wildman–Crippen MR) is 114 cm³/mol. The zero-order valence-corrected chi connectivity index (χ0v) is 17.8. The van der Waals surface area contributed by atoms with E-state index in [0.717, 1.165) is 29.5 Å². The first-order valence-electron chi connectivity index (χ1n) is 10.5. The maximum absolute atomic E-state index is 13.3. The molecule has 4 rings (SSSR count). The number of carbonyl (C=O) groups excluding carboxylic acids is 2. The minimum absolute atomic E-state index is 0.195. The zero-order valence-electron chi connectivity index (χ0n) is 17.0. The Morgan fingerprint density at radius 1 is 1.33 bits per heavy atom. The molecule has 2 aliphatic rings. The van der Waals surface area contributed by atoms with Crippen LogP contribution in [0.3, 0.4) is 0 Å². The Bertz CT molecular complexity index is 980. The van der Waals surface area contributed by atoms with Gasteiger partial charge in [-0.05, 0) is 72.6 Å². The van der Waals surface area contributed by atoms with E-state index in [1.54, 1.807) is 23.4 Å². The van der Waals surface area contributed by atoms with E-state index in [9.17, 15) is 14.7 Å². The molecule has 7 heteroatoms. The summed E-state index contributed by atoms with van der Waals surface area (Å²) in [5.74, 6) is -0.582. The van der Waals surface area contributed by atoms with Crippen LogP contribution in [-0.2, 0) is 34.6 Å². The molecule has 1 aromatic carbocycles. The maximum atomic E-state index is 13.3. The van der Waals surface area contributed by atoms with E-state index in [1.165, 1.54) is 0 Å². The van der Waals surface area contributed by atoms with E-state index in [-0.39, 0.29) is 11.8 Å². The van der Waals surface area contributed by atoms with Gasteiger partial charge in [0.2, 0.25) is 5.91 Å². The van der Waals surface area contributed by atoms with Crippen LogP contribution in [0.2, 0.25) is 5.02 Å². The lowest BCUT2D eigenvalue weighted by Crippen LogP contribution is -2.52. The summed E-state index contributed by atoms with van der Waals surface area (Å²) < 4.78 is 0. The summed E-state index contributed by atoms with van der Waals surface area (Å²) in [4.78, 5) is 31.9. The van der Waals surface area contributed by atoms with Crippen LogP contribution < -0.4 is 5.32 Å². The number of halogens is 1. The number of amides is 2. The van der Waals surface area contributed by atoms with Gasteiger partial charge in [-0.3, -0.25) is 14.6 Å². The lowest BCUT2D eigenvalue weighted by atomic mass is 9.94. The first-order chi connectivity index (χ1) is 14.4. The smallest absolute Gasteiger partial charge is 0.259 e. The van der Waals surface area contributed by atoms with Gasteiger partial charge in [0.25, 0.3) is 5.91 Å². The Morgan fingerprint density at radius 3 is 2.97 bits per heavy atom. The van der Waals surface area contributed by atoms with Gasteiger partial charge in [0.15, 0.2) is 5.60 Å². The van der Waals surface area contributed by atoms with Crippen molar-refractivity contribution in [3.8, 4) is 0 Å². The molecule has 0 saturated carbocycles. The Kier molecular flexibility index (Phi) is 5.80. The third-order valence-corrected chi connectivity index (χ3v) is 6.51. The molecule has 30 heavy (non-hydrogen) atoms. The zero-order chi connectivity index (χ0) is 21.3. The summed E-state index contributed by atoms with van der Waals surface area (Å²) in [6.45, 7) is 2.89. The number of rotatable bonds is 5. The van der Waals surface area contributed by atoms with Gasteiger partial charge in [-0.15, -0.1) is 0 Å². The van der Waals surface area contributed by atoms with Crippen molar-refractivity contribution in [1.29, 1.82) is 0 Å². The normalized spacial score (nSPS) is 22.8. The molecule has 0 bridgehead atoms. The molecule has 2 atom stereocenters. The standard InChI is InChI=1S/C23H26ClN3O3/c1-2-15-5-6-18(24)12-17(15)14-26-21(28)20-4-3-11-27(20)22(29)23(30)9-7-16-13-25-10-8-19(16)23/h5-6,8,10,12-13,20,30H,2-4,7,9,11,14H2,1H3,(H,26,28)/t20-,23?/m0/s1. The van der Waals surface area contributed by atoms with Crippen LogP contribution in [0.4, 0.5) is 0 Å². The van der Waals surface area contributed by atoms with Crippen molar-refractivity contribution in [3.63, 3.8) is 0 Å². The van der Waals surface area contributed by atoms with Gasteiger partial charge in [0.1, 0.15) is 6.04 Å². The van der Waals surface area contributed by atoms with Crippen LogP contribution in [-0.4, -0.2) is 39.4 Å². The number of benzene rings is 1. The van der Waals surface area contributed by atoms with Crippen LogP contribution >= 0.6 is 11.6 Å². The Morgan fingerprint density at radius 2 is 2.17 bits per heavy atom. The van der Waals surface area contributed by atoms with Crippen molar-refractivity contribution in [3.05, 3.63) is 63.9 Å². The molecule has 158 valence electrons. The molecule has 1 unspecified atom stereocenters. The molecule has 1 aromatic heterocycles. The first kappa shape index (κ1) is 20.8. The second-order valence-corrected chi connectivity index (χ2v) is 8.47. The van der Waals surface area contributed by atoms with Crippen LogP contribution in [0, 0.1) is 0 Å². The molecule has 0 radical (unpaired) electrons. The monoisotopic (exact) mass is 427 g/mol. The maximum Gasteiger partial charge on any atom is 0.259 e. The van der Waals surface area contributed by atoms with E-state index in [2.05, 4.69) is 17.2 Å². The summed E-state index contributed by atoms with van der Waals surface area (Å²) >= 11 is 6.11. The van der Waals surface area contributed by atoms with E-state index in [0.29, 0.717) is 42.9 Å². The number of fused-ring (bicyclic) bond motifs is 1. The minimum Gasteiger partial charge on any atom is -0.375 e. The van der Waals surface area contributed by atoms with Gasteiger partial charge in [-0.2, -0.15) is 0 Å². The Hall–Kier alpha value is -2.44. The highest BCUT2D eigenvalue weighted by atomic mass is 35.5. The number of likely N-dealkylation sites (tertiary alicyclic amines) is 1. The lowest BCUT2D eigenvalue weighted by molar-refractivity contribution is -0.155. The molecule has 1 fully saturated rings. The van der Waals surface area contributed by atoms with Crippen LogP contribution in [0.5, 0.6) is 0 Å². The van der Waals surface area contributed by atoms with Crippen molar-refractivity contribution in [2.75, 3.05) is 6.54 Å². The molecule has 0 spiro atoms. The molecular weight excluding hydrogens is 402 g/mol. The fourth-order valence-corrected chi connectivity index (χ4v) is 4.82. The number of aryl methyl sites for hydroxylation is 2. The van der Waals surface area contributed by atoms with E-state index < -0.39 is 11.6 Å². The van der Waals surface area contributed by atoms with Crippen LogP contribution in [0.15, 0.2) is 36.7 Å². The number of nitrogens with one attached hydrogen (secondary N) is 1. The fourth-order valence-electron chi connectivity index (χ4n) is 4.63. The second kappa shape index (κ2) is 8.36. The summed E-state index contributed by atoms with van der Waals surface area (Å²) in [5.41, 5.74) is 2.03. The highest BCUT2D eigenvalue weighted by Crippen LogP contribution is 2.39. The number of pyridine rings is 1. The molecular formula is C23H26ClN3O3. The van der Waals surface area contributed by atoms with Crippen molar-refractivity contribution >= 4 is 23.4 Å². The fraction of sp³-hybridized carbons (Fsp3) is 0.435. The van der Waals surface area contributed by atoms with Gasteiger partial charge < -0.3 is 15.3 Å². The van der Waals surface area contributed by atoms with Crippen LogP contribution in [0.25, 0.3) is 0 Å². The van der Waals surface area contributed by atoms with Crippen LogP contribution in [0.1, 0.15) is 48.4 Å². The molecule has 1 saturated heterocycles. The van der Waals surface area contributed by atoms with Crippen molar-refractivity contribution in [2.45, 2.75) is 57.2 Å². The average Bonchev–Trinajstić information content (AvgIpc) is 3.38. The summed E-state index contributed by atoms with van der Waals surface area (Å²) in [7, 11) is 0. The predicted octanol–water partition coefficient (Wildman–Crippen LogP) is 2.74. The molecule has 1 aliphatic carbocycles. The van der Waals surface area contributed by atoms with Crippen molar-refractivity contribution in [1.82, 2.24) is 15.2 Å². The van der Waals surface area contributed by atoms with E-state index >= 15 is 0 Å². The SMILES string of the molecule is CCc1ccc(Cl)cc1CNC(=O)[C@@H]1CCCN1C(=O)C1(O)CCc2cnccc21. The average molecular weight is 428 g/mol. The number of carbonyl (C=O) groups is 2. The molecule has 6 nitrogen and oxygen atoms in total. The topological polar surface area (TPSA) is 82.5 Å². The van der Waals surface area contributed by atoms with Gasteiger partial charge in [0.05, 0.1) is 0 Å². The second-order valence-electron chi connectivity index (χ2n) is 8.03. The summed E-state index contributed by atoms with van der Waals surface area (Å²) in [5, 5.41) is 14.8. The Balaban J connectivity index is 1.48. The third kappa shape index (κ3) is 3.70. The summed E-state index contributed by atoms with van der Waals surface area (Å²) in [6, 6.07) is 6.81. The molecule has 2 aromatic rings. The van der Waals surface area contributed by atoms with E-state index in [4.69, 9.17) is 11.6 Å². The number of hydrogen-bond donors (Lipinski definition) is 2. The molecule has 1 aliphatic heterocycles. The highest BCUT2D eigenvalue weighted by molar-refractivity contribution is 6.30. The lowest BCUT2D eigenvalue weighted by Gasteiger charge is -2.32. The number of aliphatic hydroxyl groups is 1. The Labute approximate surface area is 181 Å². The number of hydrogen-bond acceptors (Lipinski definition) is 4. The number of nitrogens with zero attached hydrogens (tertiary/aromatic N) is 2. The van der Waals surface area contributed by atoms with E-state index in [1.807, 2.05) is 18.2 Å². The highest BCUT2D eigenvalue weighted by Gasteiger charge is 2.49. The summed E-state index contributed by atoms with van der Waals surface area (Å²) in [6.07, 6.45) is 6.38. The largest absolute Gasteiger partial charge is 0.375 e. The molecule has 2 N–H and O–H groups in total. The molecule has 2 amide bonds. The van der Waals surface area contributed by atoms with Gasteiger partial charge >= 0.3 is 0 Å². The minimum atomic E-state index is -1.58. The molecule has 2 heterocycles. The van der Waals surface area contributed by atoms with Gasteiger partial charge in [-0.25, -0.2) is 0 Å². The third-order valence-electron chi connectivity index (χ3n) is 6.28. The van der Waals surface area contributed by atoms with Crippen molar-refractivity contribution < 1.29 is 14.7 Å².